The molecule has 3 unspecified atom stereocenters. The molecule has 0 amide bonds. The first kappa shape index (κ1) is 13.9. The van der Waals surface area contributed by atoms with E-state index in [4.69, 9.17) is 0 Å². The SMILES string of the molecule is CCCNC(CN1CC2CCCC2C1)C1CCCC1. The van der Waals surface area contributed by atoms with E-state index in [1.165, 1.54) is 77.5 Å². The van der Waals surface area contributed by atoms with Crippen molar-refractivity contribution >= 4 is 0 Å². The molecular weight excluding hydrogens is 232 g/mol. The highest BCUT2D eigenvalue weighted by molar-refractivity contribution is 4.91. The monoisotopic (exact) mass is 264 g/mol. The van der Waals surface area contributed by atoms with Crippen LogP contribution in [0.1, 0.15) is 58.3 Å². The van der Waals surface area contributed by atoms with Crippen LogP contribution in [0.15, 0.2) is 0 Å². The molecule has 19 heavy (non-hydrogen) atoms. The number of hydrogen-bond acceptors (Lipinski definition) is 2. The van der Waals surface area contributed by atoms with E-state index in [0.717, 1.165) is 23.8 Å². The molecule has 1 saturated heterocycles. The summed E-state index contributed by atoms with van der Waals surface area (Å²) in [6, 6.07) is 0.779. The molecule has 2 aliphatic carbocycles. The maximum absolute atomic E-state index is 3.86. The molecule has 0 bridgehead atoms. The van der Waals surface area contributed by atoms with E-state index >= 15 is 0 Å². The average molecular weight is 264 g/mol. The van der Waals surface area contributed by atoms with Crippen molar-refractivity contribution in [1.82, 2.24) is 10.2 Å². The van der Waals surface area contributed by atoms with E-state index in [9.17, 15) is 0 Å². The quantitative estimate of drug-likeness (QED) is 0.792. The van der Waals surface area contributed by atoms with Crippen molar-refractivity contribution in [2.45, 2.75) is 64.3 Å². The lowest BCUT2D eigenvalue weighted by atomic mass is 9.97. The lowest BCUT2D eigenvalue weighted by Gasteiger charge is -2.29. The number of likely N-dealkylation sites (tertiary alicyclic amines) is 1. The fraction of sp³-hybridized carbons (Fsp3) is 1.00. The highest BCUT2D eigenvalue weighted by atomic mass is 15.2. The van der Waals surface area contributed by atoms with Crippen LogP contribution >= 0.6 is 0 Å². The Morgan fingerprint density at radius 3 is 2.32 bits per heavy atom. The predicted molar refractivity (Wildman–Crippen MR) is 81.3 cm³/mol. The van der Waals surface area contributed by atoms with Crippen LogP contribution in [0.3, 0.4) is 0 Å². The zero-order valence-corrected chi connectivity index (χ0v) is 12.7. The van der Waals surface area contributed by atoms with Gasteiger partial charge in [0.25, 0.3) is 0 Å². The lowest BCUT2D eigenvalue weighted by molar-refractivity contribution is 0.229. The van der Waals surface area contributed by atoms with Crippen molar-refractivity contribution in [1.29, 1.82) is 0 Å². The second kappa shape index (κ2) is 6.58. The van der Waals surface area contributed by atoms with Crippen molar-refractivity contribution in [3.05, 3.63) is 0 Å². The lowest BCUT2D eigenvalue weighted by Crippen LogP contribution is -2.45. The van der Waals surface area contributed by atoms with Gasteiger partial charge in [0.2, 0.25) is 0 Å². The van der Waals surface area contributed by atoms with Gasteiger partial charge in [-0.05, 0) is 56.4 Å². The third-order valence-electron chi connectivity index (χ3n) is 5.88. The molecule has 0 radical (unpaired) electrons. The van der Waals surface area contributed by atoms with Crippen LogP contribution in [0.4, 0.5) is 0 Å². The first-order chi connectivity index (χ1) is 9.36. The summed E-state index contributed by atoms with van der Waals surface area (Å²) in [6.45, 7) is 7.64. The molecule has 3 rings (SSSR count). The van der Waals surface area contributed by atoms with E-state index in [-0.39, 0.29) is 0 Å². The third-order valence-corrected chi connectivity index (χ3v) is 5.88. The Kier molecular flexibility index (Phi) is 4.81. The Morgan fingerprint density at radius 2 is 1.68 bits per heavy atom. The minimum absolute atomic E-state index is 0.779. The van der Waals surface area contributed by atoms with E-state index in [0.29, 0.717) is 0 Å². The Balaban J connectivity index is 1.51. The normalized spacial score (nSPS) is 33.9. The molecule has 3 fully saturated rings. The predicted octanol–water partition coefficient (Wildman–Crippen LogP) is 3.28. The summed E-state index contributed by atoms with van der Waals surface area (Å²) in [4.78, 5) is 2.79. The molecule has 1 heterocycles. The van der Waals surface area contributed by atoms with E-state index < -0.39 is 0 Å². The van der Waals surface area contributed by atoms with Crippen LogP contribution < -0.4 is 5.32 Å². The second-order valence-electron chi connectivity index (χ2n) is 7.27. The van der Waals surface area contributed by atoms with E-state index in [1.54, 1.807) is 0 Å². The summed E-state index contributed by atoms with van der Waals surface area (Å²) in [7, 11) is 0. The van der Waals surface area contributed by atoms with Gasteiger partial charge in [-0.2, -0.15) is 0 Å². The average Bonchev–Trinajstić information content (AvgIpc) is 3.09. The van der Waals surface area contributed by atoms with Crippen LogP contribution in [0.2, 0.25) is 0 Å². The number of nitrogens with zero attached hydrogens (tertiary/aromatic N) is 1. The van der Waals surface area contributed by atoms with Crippen molar-refractivity contribution in [2.75, 3.05) is 26.2 Å². The maximum Gasteiger partial charge on any atom is 0.0223 e. The summed E-state index contributed by atoms with van der Waals surface area (Å²) in [5.74, 6) is 3.07. The Bertz CT molecular complexity index is 260. The molecule has 110 valence electrons. The van der Waals surface area contributed by atoms with Crippen molar-refractivity contribution in [3.8, 4) is 0 Å². The topological polar surface area (TPSA) is 15.3 Å². The molecule has 0 aromatic rings. The summed E-state index contributed by atoms with van der Waals surface area (Å²) in [5.41, 5.74) is 0. The van der Waals surface area contributed by atoms with Gasteiger partial charge in [-0.25, -0.2) is 0 Å². The summed E-state index contributed by atoms with van der Waals surface area (Å²) < 4.78 is 0. The molecule has 3 atom stereocenters. The summed E-state index contributed by atoms with van der Waals surface area (Å²) in [6.07, 6.45) is 11.7. The first-order valence-corrected chi connectivity index (χ1v) is 8.82. The van der Waals surface area contributed by atoms with Crippen molar-refractivity contribution in [2.24, 2.45) is 17.8 Å². The van der Waals surface area contributed by atoms with Crippen LogP contribution in [0.25, 0.3) is 0 Å². The molecule has 2 heteroatoms. The van der Waals surface area contributed by atoms with Gasteiger partial charge in [-0.1, -0.05) is 26.2 Å². The highest BCUT2D eigenvalue weighted by Gasteiger charge is 2.37. The zero-order chi connectivity index (χ0) is 13.1. The molecule has 0 aromatic heterocycles. The van der Waals surface area contributed by atoms with Crippen LogP contribution in [0.5, 0.6) is 0 Å². The van der Waals surface area contributed by atoms with Crippen LogP contribution in [-0.4, -0.2) is 37.1 Å². The number of fused-ring (bicyclic) bond motifs is 1. The summed E-state index contributed by atoms with van der Waals surface area (Å²) >= 11 is 0. The molecule has 0 spiro atoms. The van der Waals surface area contributed by atoms with Gasteiger partial charge in [0.1, 0.15) is 0 Å². The molecular formula is C17H32N2. The van der Waals surface area contributed by atoms with Crippen LogP contribution in [0, 0.1) is 17.8 Å². The van der Waals surface area contributed by atoms with Gasteiger partial charge in [0.15, 0.2) is 0 Å². The van der Waals surface area contributed by atoms with Gasteiger partial charge in [-0.3, -0.25) is 0 Å². The largest absolute Gasteiger partial charge is 0.312 e. The minimum Gasteiger partial charge on any atom is -0.312 e. The Morgan fingerprint density at radius 1 is 1.00 bits per heavy atom. The molecule has 2 nitrogen and oxygen atoms in total. The van der Waals surface area contributed by atoms with Gasteiger partial charge in [0.05, 0.1) is 0 Å². The van der Waals surface area contributed by atoms with Gasteiger partial charge in [0, 0.05) is 25.7 Å². The minimum atomic E-state index is 0.779. The number of nitrogens with one attached hydrogen (secondary N) is 1. The standard InChI is InChI=1S/C17H32N2/c1-2-10-18-17(14-6-3-4-7-14)13-19-11-15-8-5-9-16(15)12-19/h14-18H,2-13H2,1H3. The molecule has 2 saturated carbocycles. The molecule has 3 aliphatic rings. The molecule has 0 aromatic carbocycles. The summed E-state index contributed by atoms with van der Waals surface area (Å²) in [5, 5.41) is 3.86. The fourth-order valence-corrected chi connectivity index (χ4v) is 4.83. The highest BCUT2D eigenvalue weighted by Crippen LogP contribution is 2.38. The Hall–Kier alpha value is -0.0800. The van der Waals surface area contributed by atoms with Crippen molar-refractivity contribution in [3.63, 3.8) is 0 Å². The third kappa shape index (κ3) is 3.33. The Labute approximate surface area is 119 Å². The van der Waals surface area contributed by atoms with Crippen LogP contribution in [-0.2, 0) is 0 Å². The number of hydrogen-bond donors (Lipinski definition) is 1. The maximum atomic E-state index is 3.86. The van der Waals surface area contributed by atoms with E-state index in [1.807, 2.05) is 0 Å². The number of rotatable bonds is 6. The fourth-order valence-electron chi connectivity index (χ4n) is 4.83. The zero-order valence-electron chi connectivity index (χ0n) is 12.7. The van der Waals surface area contributed by atoms with Gasteiger partial charge in [-0.15, -0.1) is 0 Å². The van der Waals surface area contributed by atoms with Gasteiger partial charge >= 0.3 is 0 Å². The van der Waals surface area contributed by atoms with Gasteiger partial charge < -0.3 is 10.2 Å². The second-order valence-corrected chi connectivity index (χ2v) is 7.27. The molecule has 1 N–H and O–H groups in total. The molecule has 1 aliphatic heterocycles. The smallest absolute Gasteiger partial charge is 0.0223 e. The van der Waals surface area contributed by atoms with E-state index in [2.05, 4.69) is 17.1 Å². The van der Waals surface area contributed by atoms with Crippen molar-refractivity contribution < 1.29 is 0 Å². The first-order valence-electron chi connectivity index (χ1n) is 8.82.